The molecule has 6 heteroatoms. The Bertz CT molecular complexity index is 487. The Labute approximate surface area is 139 Å². The maximum Gasteiger partial charge on any atom is 0.146 e. The first-order chi connectivity index (χ1) is 11.1. The van der Waals surface area contributed by atoms with Crippen LogP contribution in [-0.4, -0.2) is 70.5 Å². The Morgan fingerprint density at radius 3 is 2.39 bits per heavy atom. The first-order valence-corrected chi connectivity index (χ1v) is 9.04. The summed E-state index contributed by atoms with van der Waals surface area (Å²) >= 11 is 0. The second kappa shape index (κ2) is 7.73. The van der Waals surface area contributed by atoms with Crippen LogP contribution >= 0.6 is 0 Å². The normalized spacial score (nSPS) is 22.1. The fourth-order valence-corrected chi connectivity index (χ4v) is 3.72. The number of ether oxygens (including phenoxy) is 1. The predicted molar refractivity (Wildman–Crippen MR) is 90.4 cm³/mol. The van der Waals surface area contributed by atoms with E-state index in [4.69, 9.17) is 4.74 Å². The third-order valence-electron chi connectivity index (χ3n) is 5.04. The molecule has 0 N–H and O–H groups in total. The number of piperidine rings is 1. The summed E-state index contributed by atoms with van der Waals surface area (Å²) in [6, 6.07) is 0. The monoisotopic (exact) mass is 321 g/mol. The van der Waals surface area contributed by atoms with Crippen LogP contribution in [0.2, 0.25) is 0 Å². The van der Waals surface area contributed by atoms with Gasteiger partial charge in [-0.3, -0.25) is 4.90 Å². The van der Waals surface area contributed by atoms with Crippen molar-refractivity contribution >= 4 is 0 Å². The van der Waals surface area contributed by atoms with E-state index in [2.05, 4.69) is 45.5 Å². The molecule has 2 saturated heterocycles. The van der Waals surface area contributed by atoms with Crippen molar-refractivity contribution in [1.29, 1.82) is 0 Å². The molecular weight excluding hydrogens is 290 g/mol. The molecule has 0 atom stereocenters. The second-order valence-corrected chi connectivity index (χ2v) is 7.39. The van der Waals surface area contributed by atoms with Crippen molar-refractivity contribution in [2.75, 3.05) is 45.9 Å². The number of hydrogen-bond acceptors (Lipinski definition) is 5. The average Bonchev–Trinajstić information content (AvgIpc) is 2.90. The van der Waals surface area contributed by atoms with Crippen molar-refractivity contribution < 1.29 is 4.74 Å². The molecule has 3 heterocycles. The summed E-state index contributed by atoms with van der Waals surface area (Å²) in [5, 5.41) is 9.00. The molecule has 0 bridgehead atoms. The van der Waals surface area contributed by atoms with Gasteiger partial charge in [0.1, 0.15) is 11.6 Å². The molecule has 1 aromatic heterocycles. The summed E-state index contributed by atoms with van der Waals surface area (Å²) in [4.78, 5) is 4.99. The van der Waals surface area contributed by atoms with Gasteiger partial charge in [0.15, 0.2) is 0 Å². The molecule has 0 amide bonds. The Balaban J connectivity index is 1.57. The lowest BCUT2D eigenvalue weighted by molar-refractivity contribution is 0.0326. The molecule has 0 unspecified atom stereocenters. The van der Waals surface area contributed by atoms with Gasteiger partial charge in [0, 0.05) is 32.6 Å². The van der Waals surface area contributed by atoms with Gasteiger partial charge < -0.3 is 14.2 Å². The lowest BCUT2D eigenvalue weighted by Crippen LogP contribution is -2.37. The lowest BCUT2D eigenvalue weighted by atomic mass is 9.95. The number of rotatable bonds is 5. The van der Waals surface area contributed by atoms with Gasteiger partial charge in [-0.15, -0.1) is 10.2 Å². The molecule has 23 heavy (non-hydrogen) atoms. The van der Waals surface area contributed by atoms with Crippen molar-refractivity contribution in [1.82, 2.24) is 24.6 Å². The van der Waals surface area contributed by atoms with E-state index in [0.717, 1.165) is 44.6 Å². The van der Waals surface area contributed by atoms with E-state index in [1.165, 1.54) is 38.3 Å². The minimum absolute atomic E-state index is 0.564. The second-order valence-electron chi connectivity index (χ2n) is 7.39. The van der Waals surface area contributed by atoms with Gasteiger partial charge in [-0.1, -0.05) is 13.8 Å². The smallest absolute Gasteiger partial charge is 0.146 e. The molecule has 0 spiro atoms. The first-order valence-electron chi connectivity index (χ1n) is 9.04. The van der Waals surface area contributed by atoms with Crippen LogP contribution < -0.4 is 0 Å². The van der Waals surface area contributed by atoms with Crippen molar-refractivity contribution in [3.63, 3.8) is 0 Å². The van der Waals surface area contributed by atoms with Crippen LogP contribution in [0.4, 0.5) is 0 Å². The molecule has 3 rings (SSSR count). The zero-order valence-electron chi connectivity index (χ0n) is 14.9. The molecule has 0 aliphatic carbocycles. The number of aromatic nitrogens is 3. The maximum absolute atomic E-state index is 5.42. The van der Waals surface area contributed by atoms with Crippen molar-refractivity contribution in [2.24, 2.45) is 13.0 Å². The van der Waals surface area contributed by atoms with Crippen LogP contribution in [-0.2, 0) is 18.3 Å². The largest absolute Gasteiger partial charge is 0.379 e. The molecule has 0 aromatic carbocycles. The first kappa shape index (κ1) is 16.9. The minimum Gasteiger partial charge on any atom is -0.379 e. The van der Waals surface area contributed by atoms with E-state index >= 15 is 0 Å². The highest BCUT2D eigenvalue weighted by molar-refractivity contribution is 5.03. The Morgan fingerprint density at radius 2 is 1.74 bits per heavy atom. The van der Waals surface area contributed by atoms with Crippen molar-refractivity contribution in [3.8, 4) is 0 Å². The van der Waals surface area contributed by atoms with Crippen LogP contribution in [0, 0.1) is 5.92 Å². The van der Waals surface area contributed by atoms with Gasteiger partial charge in [0.05, 0.1) is 19.8 Å². The summed E-state index contributed by atoms with van der Waals surface area (Å²) in [5.74, 6) is 3.58. The molecule has 0 radical (unpaired) electrons. The van der Waals surface area contributed by atoms with Crippen LogP contribution in [0.25, 0.3) is 0 Å². The average molecular weight is 321 g/mol. The molecule has 130 valence electrons. The number of nitrogens with zero attached hydrogens (tertiary/aromatic N) is 5. The van der Waals surface area contributed by atoms with E-state index in [9.17, 15) is 0 Å². The SMILES string of the molecule is CC(C)CN1CCC(c2nnc(CN3CCOCC3)n2C)CC1. The van der Waals surface area contributed by atoms with Crippen LogP contribution in [0.1, 0.15) is 44.3 Å². The summed E-state index contributed by atoms with van der Waals surface area (Å²) < 4.78 is 7.65. The molecule has 1 aromatic rings. The highest BCUT2D eigenvalue weighted by atomic mass is 16.5. The fourth-order valence-electron chi connectivity index (χ4n) is 3.72. The fraction of sp³-hybridized carbons (Fsp3) is 0.882. The molecule has 0 saturated carbocycles. The molecule has 2 aliphatic heterocycles. The zero-order valence-corrected chi connectivity index (χ0v) is 14.9. The third kappa shape index (κ3) is 4.31. The molecule has 6 nitrogen and oxygen atoms in total. The van der Waals surface area contributed by atoms with Gasteiger partial charge in [-0.2, -0.15) is 0 Å². The van der Waals surface area contributed by atoms with E-state index in [0.29, 0.717) is 5.92 Å². The maximum atomic E-state index is 5.42. The summed E-state index contributed by atoms with van der Waals surface area (Å²) in [6.45, 7) is 12.7. The van der Waals surface area contributed by atoms with Gasteiger partial charge in [-0.05, 0) is 31.8 Å². The van der Waals surface area contributed by atoms with Crippen LogP contribution in [0.5, 0.6) is 0 Å². The van der Waals surface area contributed by atoms with Crippen LogP contribution in [0.15, 0.2) is 0 Å². The Kier molecular flexibility index (Phi) is 5.67. The van der Waals surface area contributed by atoms with E-state index in [-0.39, 0.29) is 0 Å². The quantitative estimate of drug-likeness (QED) is 0.822. The highest BCUT2D eigenvalue weighted by Gasteiger charge is 2.26. The zero-order chi connectivity index (χ0) is 16.2. The van der Waals surface area contributed by atoms with Crippen molar-refractivity contribution in [2.45, 2.75) is 39.2 Å². The number of likely N-dealkylation sites (tertiary alicyclic amines) is 1. The number of morpholine rings is 1. The van der Waals surface area contributed by atoms with Gasteiger partial charge in [0.2, 0.25) is 0 Å². The topological polar surface area (TPSA) is 46.4 Å². The molecule has 2 fully saturated rings. The molecular formula is C17H31N5O. The van der Waals surface area contributed by atoms with Gasteiger partial charge in [0.25, 0.3) is 0 Å². The van der Waals surface area contributed by atoms with E-state index in [1.807, 2.05) is 0 Å². The molecule has 2 aliphatic rings. The van der Waals surface area contributed by atoms with Crippen LogP contribution in [0.3, 0.4) is 0 Å². The minimum atomic E-state index is 0.564. The summed E-state index contributed by atoms with van der Waals surface area (Å²) in [6.07, 6.45) is 2.41. The van der Waals surface area contributed by atoms with Gasteiger partial charge in [-0.25, -0.2) is 0 Å². The Morgan fingerprint density at radius 1 is 1.04 bits per heavy atom. The predicted octanol–water partition coefficient (Wildman–Crippen LogP) is 1.48. The lowest BCUT2D eigenvalue weighted by Gasteiger charge is -2.32. The summed E-state index contributed by atoms with van der Waals surface area (Å²) in [5.41, 5.74) is 0. The van der Waals surface area contributed by atoms with Crippen molar-refractivity contribution in [3.05, 3.63) is 11.6 Å². The Hall–Kier alpha value is -0.980. The van der Waals surface area contributed by atoms with E-state index < -0.39 is 0 Å². The van der Waals surface area contributed by atoms with Gasteiger partial charge >= 0.3 is 0 Å². The number of hydrogen-bond donors (Lipinski definition) is 0. The standard InChI is InChI=1S/C17H31N5O/c1-14(2)12-21-6-4-15(5-7-21)17-19-18-16(20(17)3)13-22-8-10-23-11-9-22/h14-15H,4-13H2,1-3H3. The third-order valence-corrected chi connectivity index (χ3v) is 5.04. The van der Waals surface area contributed by atoms with E-state index in [1.54, 1.807) is 0 Å². The summed E-state index contributed by atoms with van der Waals surface area (Å²) in [7, 11) is 2.13. The highest BCUT2D eigenvalue weighted by Crippen LogP contribution is 2.27.